The van der Waals surface area contributed by atoms with Crippen LogP contribution < -0.4 is 0 Å². The number of fused-ring (bicyclic) bond motifs is 6. The fourth-order valence-electron chi connectivity index (χ4n) is 13.1. The van der Waals surface area contributed by atoms with Crippen LogP contribution in [0.1, 0.15) is 61.2 Å². The van der Waals surface area contributed by atoms with Gasteiger partial charge in [0.15, 0.2) is 0 Å². The van der Waals surface area contributed by atoms with E-state index in [0.29, 0.717) is 22.4 Å². The van der Waals surface area contributed by atoms with E-state index in [1.165, 1.54) is 50.6 Å². The highest BCUT2D eigenvalue weighted by atomic mass is 19.4. The van der Waals surface area contributed by atoms with Crippen molar-refractivity contribution < 1.29 is 13.2 Å². The molecule has 83 heavy (non-hydrogen) atoms. The molecule has 11 aromatic carbocycles. The second kappa shape index (κ2) is 20.1. The summed E-state index contributed by atoms with van der Waals surface area (Å²) in [5, 5.41) is 14.9. The minimum atomic E-state index is -4.62. The summed E-state index contributed by atoms with van der Waals surface area (Å²) in [7, 11) is 0. The predicted molar refractivity (Wildman–Crippen MR) is 340 cm³/mol. The Morgan fingerprint density at radius 1 is 0.301 bits per heavy atom. The minimum absolute atomic E-state index is 0.0904. The average molecular weight is 1080 g/mol. The second-order valence-electron chi connectivity index (χ2n) is 23.0. The van der Waals surface area contributed by atoms with Crippen molar-refractivity contribution in [2.24, 2.45) is 0 Å². The standard InChI is InChI=1S/C77H60F3N3/c1-44-10-21-59(49(6)32-44)54-17-28-71-66(38-54)67-39-55(60-22-11-45(2)33-50(60)7)18-29-72(67)82(71)75-37-53(43-81)15-26-64(75)65-27-16-58(63-25-14-48(5)36-70(63)77(78,79)80)42-76(65)83-73-30-19-56(61-23-12-46(3)34-51(61)8)40-68(73)69-41-57(20-31-74(69)83)62-24-13-47(4)35-52(62)9/h10-42H,1-9H3. The van der Waals surface area contributed by atoms with Gasteiger partial charge in [-0.3, -0.25) is 0 Å². The number of hydrogen-bond donors (Lipinski definition) is 0. The average Bonchev–Trinajstić information content (AvgIpc) is 4.17. The number of aryl methyl sites for hydroxylation is 9. The van der Waals surface area contributed by atoms with Crippen LogP contribution in [0.15, 0.2) is 200 Å². The van der Waals surface area contributed by atoms with Crippen molar-refractivity contribution in [1.29, 1.82) is 5.26 Å². The Kier molecular flexibility index (Phi) is 12.7. The van der Waals surface area contributed by atoms with Gasteiger partial charge in [-0.2, -0.15) is 18.4 Å². The Bertz CT molecular complexity index is 4680. The Hall–Kier alpha value is -9.70. The Morgan fingerprint density at radius 2 is 0.590 bits per heavy atom. The molecule has 3 nitrogen and oxygen atoms in total. The lowest BCUT2D eigenvalue weighted by atomic mass is 9.93. The third kappa shape index (κ3) is 9.18. The van der Waals surface area contributed by atoms with E-state index >= 15 is 13.2 Å². The SMILES string of the molecule is Cc1ccc(-c2ccc3c(c2)c2cc(-c4ccc(C)cc4C)ccc2n3-c2cc(C#N)ccc2-c2ccc(-c3ccc(C)cc3C(F)(F)F)cc2-n2c3ccc(-c4ccc(C)cc4C)cc3c3cc(-c4ccc(C)cc4C)ccc32)c(C)c1. The summed E-state index contributed by atoms with van der Waals surface area (Å²) in [6, 6.07) is 71.4. The zero-order chi connectivity index (χ0) is 57.7. The molecule has 0 saturated heterocycles. The van der Waals surface area contributed by atoms with Gasteiger partial charge in [0.25, 0.3) is 0 Å². The highest BCUT2D eigenvalue weighted by molar-refractivity contribution is 6.14. The molecule has 404 valence electrons. The molecule has 6 heteroatoms. The summed E-state index contributed by atoms with van der Waals surface area (Å²) in [6.45, 7) is 18.7. The molecule has 13 aromatic rings. The Morgan fingerprint density at radius 3 is 0.928 bits per heavy atom. The number of alkyl halides is 3. The highest BCUT2D eigenvalue weighted by Crippen LogP contribution is 2.47. The Balaban J connectivity index is 1.13. The van der Waals surface area contributed by atoms with Crippen molar-refractivity contribution in [3.05, 3.63) is 261 Å². The van der Waals surface area contributed by atoms with E-state index in [-0.39, 0.29) is 5.56 Å². The van der Waals surface area contributed by atoms with E-state index in [9.17, 15) is 5.26 Å². The number of aromatic nitrogens is 2. The Labute approximate surface area is 482 Å². The molecule has 0 N–H and O–H groups in total. The van der Waals surface area contributed by atoms with Gasteiger partial charge in [0.2, 0.25) is 0 Å². The van der Waals surface area contributed by atoms with Gasteiger partial charge in [-0.1, -0.05) is 155 Å². The molecule has 0 aliphatic heterocycles. The second-order valence-corrected chi connectivity index (χ2v) is 23.0. The van der Waals surface area contributed by atoms with Crippen LogP contribution in [0.25, 0.3) is 122 Å². The molecule has 0 aliphatic rings. The van der Waals surface area contributed by atoms with Gasteiger partial charge in [-0.25, -0.2) is 0 Å². The third-order valence-electron chi connectivity index (χ3n) is 17.0. The van der Waals surface area contributed by atoms with Crippen molar-refractivity contribution in [2.75, 3.05) is 0 Å². The lowest BCUT2D eigenvalue weighted by Gasteiger charge is -2.21. The van der Waals surface area contributed by atoms with Crippen molar-refractivity contribution in [3.8, 4) is 84.2 Å². The fourth-order valence-corrected chi connectivity index (χ4v) is 13.1. The third-order valence-corrected chi connectivity index (χ3v) is 17.0. The number of nitriles is 1. The van der Waals surface area contributed by atoms with E-state index in [0.717, 1.165) is 105 Å². The van der Waals surface area contributed by atoms with Crippen molar-refractivity contribution >= 4 is 43.6 Å². The monoisotopic (exact) mass is 1080 g/mol. The van der Waals surface area contributed by atoms with Gasteiger partial charge in [-0.15, -0.1) is 0 Å². The van der Waals surface area contributed by atoms with Gasteiger partial charge in [0.05, 0.1) is 50.6 Å². The maximum atomic E-state index is 15.3. The smallest absolute Gasteiger partial charge is 0.309 e. The summed E-state index contributed by atoms with van der Waals surface area (Å²) in [5.41, 5.74) is 25.9. The van der Waals surface area contributed by atoms with Crippen LogP contribution in [0.4, 0.5) is 13.2 Å². The van der Waals surface area contributed by atoms with Crippen molar-refractivity contribution in [2.45, 2.75) is 68.5 Å². The molecule has 0 spiro atoms. The van der Waals surface area contributed by atoms with Crippen LogP contribution in [0.2, 0.25) is 0 Å². The molecular formula is C77H60F3N3. The maximum absolute atomic E-state index is 15.3. The topological polar surface area (TPSA) is 33.6 Å². The zero-order valence-electron chi connectivity index (χ0n) is 48.0. The summed E-state index contributed by atoms with van der Waals surface area (Å²) < 4.78 is 50.5. The molecule has 0 fully saturated rings. The molecule has 0 radical (unpaired) electrons. The van der Waals surface area contributed by atoms with E-state index in [1.807, 2.05) is 36.4 Å². The lowest BCUT2D eigenvalue weighted by molar-refractivity contribution is -0.137. The van der Waals surface area contributed by atoms with E-state index < -0.39 is 11.7 Å². The van der Waals surface area contributed by atoms with Gasteiger partial charge in [-0.05, 0) is 213 Å². The van der Waals surface area contributed by atoms with E-state index in [2.05, 4.69) is 216 Å². The number of halogens is 3. The molecular weight excluding hydrogens is 1020 g/mol. The lowest BCUT2D eigenvalue weighted by Crippen LogP contribution is -2.08. The van der Waals surface area contributed by atoms with Crippen molar-refractivity contribution in [3.63, 3.8) is 0 Å². The molecule has 0 amide bonds. The van der Waals surface area contributed by atoms with Gasteiger partial charge >= 0.3 is 6.18 Å². The first-order chi connectivity index (χ1) is 39.9. The van der Waals surface area contributed by atoms with E-state index in [1.54, 1.807) is 19.1 Å². The van der Waals surface area contributed by atoms with Crippen LogP contribution in [0.5, 0.6) is 0 Å². The molecule has 0 saturated carbocycles. The summed E-state index contributed by atoms with van der Waals surface area (Å²) in [4.78, 5) is 0. The van der Waals surface area contributed by atoms with Crippen LogP contribution in [0, 0.1) is 73.6 Å². The predicted octanol–water partition coefficient (Wildman–Crippen LogP) is 21.5. The molecule has 0 aliphatic carbocycles. The molecule has 0 bridgehead atoms. The summed E-state index contributed by atoms with van der Waals surface area (Å²) >= 11 is 0. The first-order valence-electron chi connectivity index (χ1n) is 28.3. The molecule has 13 rings (SSSR count). The van der Waals surface area contributed by atoms with Crippen LogP contribution in [0.3, 0.4) is 0 Å². The molecule has 0 unspecified atom stereocenters. The zero-order valence-corrected chi connectivity index (χ0v) is 48.0. The van der Waals surface area contributed by atoms with Crippen molar-refractivity contribution in [1.82, 2.24) is 9.13 Å². The van der Waals surface area contributed by atoms with Crippen LogP contribution in [-0.4, -0.2) is 9.13 Å². The maximum Gasteiger partial charge on any atom is 0.417 e. The quantitative estimate of drug-likeness (QED) is 0.149. The van der Waals surface area contributed by atoms with Gasteiger partial charge in [0, 0.05) is 32.7 Å². The largest absolute Gasteiger partial charge is 0.417 e. The van der Waals surface area contributed by atoms with E-state index in [4.69, 9.17) is 0 Å². The minimum Gasteiger partial charge on any atom is -0.309 e. The number of rotatable bonds is 8. The first kappa shape index (κ1) is 52.7. The van der Waals surface area contributed by atoms with Crippen LogP contribution >= 0.6 is 0 Å². The molecule has 0 atom stereocenters. The summed E-state index contributed by atoms with van der Waals surface area (Å²) in [6.07, 6.45) is -4.62. The number of hydrogen-bond acceptors (Lipinski definition) is 1. The first-order valence-corrected chi connectivity index (χ1v) is 28.3. The normalized spacial score (nSPS) is 11.8. The van der Waals surface area contributed by atoms with Gasteiger partial charge < -0.3 is 9.13 Å². The number of benzene rings is 11. The summed E-state index contributed by atoms with van der Waals surface area (Å²) in [5.74, 6) is 0. The fraction of sp³-hybridized carbons (Fsp3) is 0.130. The van der Waals surface area contributed by atoms with Crippen LogP contribution in [-0.2, 0) is 6.18 Å². The number of nitrogens with zero attached hydrogens (tertiary/aromatic N) is 3. The molecule has 2 aromatic heterocycles. The van der Waals surface area contributed by atoms with Gasteiger partial charge in [0.1, 0.15) is 0 Å². The highest BCUT2D eigenvalue weighted by Gasteiger charge is 2.34. The molecule has 2 heterocycles.